The van der Waals surface area contributed by atoms with E-state index in [4.69, 9.17) is 10.2 Å². The number of rotatable bonds is 0. The molecule has 0 saturated heterocycles. The Kier molecular flexibility index (Phi) is 4.66. The zero-order valence-corrected chi connectivity index (χ0v) is 10.1. The van der Waals surface area contributed by atoms with Crippen molar-refractivity contribution in [3.8, 4) is 11.5 Å². The first-order valence-corrected chi connectivity index (χ1v) is 5.29. The predicted octanol–water partition coefficient (Wildman–Crippen LogP) is 3.68. The van der Waals surface area contributed by atoms with Crippen molar-refractivity contribution in [2.75, 3.05) is 0 Å². The second kappa shape index (κ2) is 6.00. The molecule has 0 atom stereocenters. The zero-order chi connectivity index (χ0) is 13.7. The van der Waals surface area contributed by atoms with Crippen molar-refractivity contribution >= 4 is 0 Å². The lowest BCUT2D eigenvalue weighted by Gasteiger charge is -1.93. The summed E-state index contributed by atoms with van der Waals surface area (Å²) in [6.45, 7) is 3.45. The van der Waals surface area contributed by atoms with Gasteiger partial charge in [0.2, 0.25) is 0 Å². The Morgan fingerprint density at radius 2 is 1.00 bits per heavy atom. The molecule has 2 rings (SSSR count). The maximum Gasteiger partial charge on any atom is 0.127 e. The number of aromatic hydroxyl groups is 2. The van der Waals surface area contributed by atoms with E-state index < -0.39 is 11.6 Å². The molecule has 2 N–H and O–H groups in total. The molecule has 0 radical (unpaired) electrons. The van der Waals surface area contributed by atoms with Crippen molar-refractivity contribution in [2.24, 2.45) is 0 Å². The second-order valence-electron chi connectivity index (χ2n) is 3.97. The minimum absolute atomic E-state index is 0.0208. The van der Waals surface area contributed by atoms with Crippen LogP contribution >= 0.6 is 0 Å². The highest BCUT2D eigenvalue weighted by atomic mass is 19.1. The van der Waals surface area contributed by atoms with Crippen molar-refractivity contribution in [3.63, 3.8) is 0 Å². The van der Waals surface area contributed by atoms with Crippen molar-refractivity contribution < 1.29 is 19.0 Å². The van der Waals surface area contributed by atoms with E-state index in [9.17, 15) is 8.78 Å². The van der Waals surface area contributed by atoms with Crippen LogP contribution in [0.15, 0.2) is 36.4 Å². The first-order valence-electron chi connectivity index (χ1n) is 5.29. The van der Waals surface area contributed by atoms with E-state index in [1.807, 2.05) is 0 Å². The van der Waals surface area contributed by atoms with Crippen LogP contribution in [0, 0.1) is 25.5 Å². The van der Waals surface area contributed by atoms with E-state index in [0.717, 1.165) is 23.3 Å². The molecule has 0 aliphatic carbocycles. The Hall–Kier alpha value is -2.10. The van der Waals surface area contributed by atoms with E-state index in [1.54, 1.807) is 13.8 Å². The van der Waals surface area contributed by atoms with Crippen LogP contribution < -0.4 is 0 Å². The summed E-state index contributed by atoms with van der Waals surface area (Å²) in [7, 11) is 0. The highest BCUT2D eigenvalue weighted by Gasteiger charge is 1.93. The summed E-state index contributed by atoms with van der Waals surface area (Å²) in [6, 6.07) is 7.88. The summed E-state index contributed by atoms with van der Waals surface area (Å²) < 4.78 is 24.5. The van der Waals surface area contributed by atoms with Gasteiger partial charge in [-0.3, -0.25) is 0 Å². The topological polar surface area (TPSA) is 40.5 Å². The molecule has 18 heavy (non-hydrogen) atoms. The summed E-state index contributed by atoms with van der Waals surface area (Å²) in [6.07, 6.45) is 0. The highest BCUT2D eigenvalue weighted by molar-refractivity contribution is 5.27. The monoisotopic (exact) mass is 252 g/mol. The number of benzene rings is 2. The lowest BCUT2D eigenvalue weighted by molar-refractivity contribution is 0.467. The maximum absolute atomic E-state index is 12.3. The largest absolute Gasteiger partial charge is 0.508 e. The summed E-state index contributed by atoms with van der Waals surface area (Å²) in [5.41, 5.74) is 1.46. The molecule has 0 saturated carbocycles. The molecule has 0 aromatic heterocycles. The maximum atomic E-state index is 12.3. The molecule has 2 nitrogen and oxygen atoms in total. The summed E-state index contributed by atoms with van der Waals surface area (Å²) in [5, 5.41) is 17.5. The van der Waals surface area contributed by atoms with Gasteiger partial charge < -0.3 is 10.2 Å². The number of hydrogen-bond acceptors (Lipinski definition) is 2. The predicted molar refractivity (Wildman–Crippen MR) is 65.6 cm³/mol. The van der Waals surface area contributed by atoms with Crippen LogP contribution in [0.5, 0.6) is 11.5 Å². The summed E-state index contributed by atoms with van der Waals surface area (Å²) in [5.74, 6) is -0.833. The average molecular weight is 252 g/mol. The lowest BCUT2D eigenvalue weighted by atomic mass is 10.2. The molecule has 0 amide bonds. The van der Waals surface area contributed by atoms with Gasteiger partial charge >= 0.3 is 0 Å². The first kappa shape index (κ1) is 14.0. The SMILES string of the molecule is Cc1cc(O)cc(F)c1.Cc1cc(O)cc(F)c1. The second-order valence-corrected chi connectivity index (χ2v) is 3.97. The number of phenols is 2. The number of halogens is 2. The molecule has 0 unspecified atom stereocenters. The van der Waals surface area contributed by atoms with E-state index >= 15 is 0 Å². The zero-order valence-electron chi connectivity index (χ0n) is 10.1. The summed E-state index contributed by atoms with van der Waals surface area (Å²) >= 11 is 0. The molecular weight excluding hydrogens is 238 g/mol. The minimum Gasteiger partial charge on any atom is -0.508 e. The van der Waals surface area contributed by atoms with Crippen LogP contribution in [0.4, 0.5) is 8.78 Å². The first-order chi connectivity index (χ1) is 8.36. The normalized spacial score (nSPS) is 9.56. The summed E-state index contributed by atoms with van der Waals surface area (Å²) in [4.78, 5) is 0. The highest BCUT2D eigenvalue weighted by Crippen LogP contribution is 2.13. The van der Waals surface area contributed by atoms with Crippen LogP contribution in [-0.2, 0) is 0 Å². The van der Waals surface area contributed by atoms with Gasteiger partial charge in [-0.25, -0.2) is 8.78 Å². The van der Waals surface area contributed by atoms with Crippen LogP contribution in [0.2, 0.25) is 0 Å². The third kappa shape index (κ3) is 4.82. The minimum atomic E-state index is -0.396. The van der Waals surface area contributed by atoms with E-state index in [0.29, 0.717) is 0 Å². The van der Waals surface area contributed by atoms with Gasteiger partial charge in [0.1, 0.15) is 23.1 Å². The number of phenolic OH excluding ortho intramolecular Hbond substituents is 2. The van der Waals surface area contributed by atoms with Crippen LogP contribution in [0.1, 0.15) is 11.1 Å². The van der Waals surface area contributed by atoms with Gasteiger partial charge in [-0.15, -0.1) is 0 Å². The van der Waals surface area contributed by atoms with E-state index in [2.05, 4.69) is 0 Å². The number of aryl methyl sites for hydroxylation is 2. The molecule has 0 spiro atoms. The lowest BCUT2D eigenvalue weighted by Crippen LogP contribution is -1.75. The fraction of sp³-hybridized carbons (Fsp3) is 0.143. The van der Waals surface area contributed by atoms with Crippen molar-refractivity contribution in [1.82, 2.24) is 0 Å². The van der Waals surface area contributed by atoms with Gasteiger partial charge in [0.15, 0.2) is 0 Å². The Labute approximate surface area is 104 Å². The third-order valence-electron chi connectivity index (χ3n) is 2.05. The van der Waals surface area contributed by atoms with Gasteiger partial charge in [0.05, 0.1) is 0 Å². The fourth-order valence-electron chi connectivity index (χ4n) is 1.43. The van der Waals surface area contributed by atoms with Gasteiger partial charge in [-0.05, 0) is 49.2 Å². The molecule has 2 aromatic carbocycles. The molecule has 0 aliphatic heterocycles. The Bertz CT molecular complexity index is 389. The van der Waals surface area contributed by atoms with Gasteiger partial charge in [0.25, 0.3) is 0 Å². The smallest absolute Gasteiger partial charge is 0.127 e. The molecule has 0 heterocycles. The van der Waals surface area contributed by atoms with E-state index in [1.165, 1.54) is 24.3 Å². The quantitative estimate of drug-likeness (QED) is 0.750. The van der Waals surface area contributed by atoms with Crippen molar-refractivity contribution in [2.45, 2.75) is 13.8 Å². The van der Waals surface area contributed by atoms with Crippen molar-refractivity contribution in [1.29, 1.82) is 0 Å². The molecular formula is C14H14F2O2. The number of hydrogen-bond donors (Lipinski definition) is 2. The van der Waals surface area contributed by atoms with Gasteiger partial charge in [0, 0.05) is 12.1 Å². The molecule has 4 heteroatoms. The molecule has 0 fully saturated rings. The fourth-order valence-corrected chi connectivity index (χ4v) is 1.43. The Morgan fingerprint density at radius 1 is 0.667 bits per heavy atom. The average Bonchev–Trinajstić information content (AvgIpc) is 2.12. The standard InChI is InChI=1S/2C7H7FO/c2*1-5-2-6(8)4-7(9)3-5/h2*2-4,9H,1H3. The molecule has 0 aliphatic rings. The van der Waals surface area contributed by atoms with Crippen LogP contribution in [0.3, 0.4) is 0 Å². The molecule has 0 bridgehead atoms. The van der Waals surface area contributed by atoms with E-state index in [-0.39, 0.29) is 11.5 Å². The van der Waals surface area contributed by atoms with Crippen LogP contribution in [-0.4, -0.2) is 10.2 Å². The Morgan fingerprint density at radius 3 is 1.22 bits per heavy atom. The van der Waals surface area contributed by atoms with Crippen LogP contribution in [0.25, 0.3) is 0 Å². The van der Waals surface area contributed by atoms with Gasteiger partial charge in [-0.2, -0.15) is 0 Å². The molecule has 2 aromatic rings. The van der Waals surface area contributed by atoms with Crippen molar-refractivity contribution in [3.05, 3.63) is 59.2 Å². The third-order valence-corrected chi connectivity index (χ3v) is 2.05. The molecule has 96 valence electrons. The Balaban J connectivity index is 0.000000180. The van der Waals surface area contributed by atoms with Gasteiger partial charge in [-0.1, -0.05) is 0 Å².